The van der Waals surface area contributed by atoms with Crippen LogP contribution in [0.25, 0.3) is 11.1 Å². The molecule has 0 fully saturated rings. The smallest absolute Gasteiger partial charge is 0.331 e. The quantitative estimate of drug-likeness (QED) is 0.847. The third kappa shape index (κ3) is 3.24. The van der Waals surface area contributed by atoms with Crippen LogP contribution in [-0.4, -0.2) is 16.9 Å². The summed E-state index contributed by atoms with van der Waals surface area (Å²) >= 11 is 0. The molecule has 0 atom stereocenters. The summed E-state index contributed by atoms with van der Waals surface area (Å²) in [5, 5.41) is 9.29. The SMILES string of the molecule is O=C(O)C1=C(C(=O)c2ccc(-c3ccccc3)cc2)CCCC1. The summed E-state index contributed by atoms with van der Waals surface area (Å²) in [5.74, 6) is -1.12. The van der Waals surface area contributed by atoms with Gasteiger partial charge in [0.15, 0.2) is 5.78 Å². The zero-order valence-electron chi connectivity index (χ0n) is 12.8. The Labute approximate surface area is 135 Å². The van der Waals surface area contributed by atoms with Gasteiger partial charge in [0.25, 0.3) is 0 Å². The van der Waals surface area contributed by atoms with Crippen molar-refractivity contribution in [2.45, 2.75) is 25.7 Å². The van der Waals surface area contributed by atoms with E-state index in [0.717, 1.165) is 24.0 Å². The average molecular weight is 306 g/mol. The Bertz CT molecular complexity index is 755. The lowest BCUT2D eigenvalue weighted by molar-refractivity contribution is -0.133. The molecular weight excluding hydrogens is 288 g/mol. The summed E-state index contributed by atoms with van der Waals surface area (Å²) in [4.78, 5) is 24.0. The molecule has 0 saturated carbocycles. The van der Waals surface area contributed by atoms with Crippen molar-refractivity contribution in [3.63, 3.8) is 0 Å². The first-order valence-electron chi connectivity index (χ1n) is 7.82. The average Bonchev–Trinajstić information content (AvgIpc) is 2.62. The van der Waals surface area contributed by atoms with E-state index in [4.69, 9.17) is 0 Å². The fraction of sp³-hybridized carbons (Fsp3) is 0.200. The highest BCUT2D eigenvalue weighted by molar-refractivity contribution is 6.12. The molecule has 2 aromatic rings. The van der Waals surface area contributed by atoms with Gasteiger partial charge in [-0.2, -0.15) is 0 Å². The maximum absolute atomic E-state index is 12.6. The first-order valence-corrected chi connectivity index (χ1v) is 7.82. The number of Topliss-reactive ketones (excluding diaryl/α,β-unsaturated/α-hetero) is 1. The fourth-order valence-corrected chi connectivity index (χ4v) is 3.01. The van der Waals surface area contributed by atoms with Gasteiger partial charge in [0, 0.05) is 16.7 Å². The van der Waals surface area contributed by atoms with Crippen molar-refractivity contribution in [1.29, 1.82) is 0 Å². The van der Waals surface area contributed by atoms with Crippen LogP contribution in [0.5, 0.6) is 0 Å². The second-order valence-corrected chi connectivity index (χ2v) is 5.74. The number of aliphatic carboxylic acids is 1. The first kappa shape index (κ1) is 15.2. The second kappa shape index (κ2) is 6.61. The molecule has 2 aromatic carbocycles. The highest BCUT2D eigenvalue weighted by atomic mass is 16.4. The molecule has 0 saturated heterocycles. The molecule has 0 bridgehead atoms. The molecule has 0 heterocycles. The van der Waals surface area contributed by atoms with Gasteiger partial charge in [-0.05, 0) is 36.8 Å². The van der Waals surface area contributed by atoms with Gasteiger partial charge in [0.1, 0.15) is 0 Å². The molecule has 23 heavy (non-hydrogen) atoms. The minimum Gasteiger partial charge on any atom is -0.478 e. The number of rotatable bonds is 4. The first-order chi connectivity index (χ1) is 11.2. The molecule has 0 radical (unpaired) electrons. The van der Waals surface area contributed by atoms with Gasteiger partial charge in [-0.15, -0.1) is 0 Å². The molecular formula is C20H18O3. The largest absolute Gasteiger partial charge is 0.478 e. The number of allylic oxidation sites excluding steroid dienone is 1. The molecule has 3 nitrogen and oxygen atoms in total. The molecule has 3 rings (SSSR count). The minimum absolute atomic E-state index is 0.151. The van der Waals surface area contributed by atoms with Crippen LogP contribution in [0.4, 0.5) is 0 Å². The number of carbonyl (C=O) groups excluding carboxylic acids is 1. The lowest BCUT2D eigenvalue weighted by Gasteiger charge is -2.16. The topological polar surface area (TPSA) is 54.4 Å². The highest BCUT2D eigenvalue weighted by Gasteiger charge is 2.24. The summed E-state index contributed by atoms with van der Waals surface area (Å²) in [7, 11) is 0. The van der Waals surface area contributed by atoms with Crippen LogP contribution in [-0.2, 0) is 4.79 Å². The Morgan fingerprint density at radius 2 is 1.30 bits per heavy atom. The van der Waals surface area contributed by atoms with Gasteiger partial charge < -0.3 is 5.11 Å². The molecule has 0 spiro atoms. The fourth-order valence-electron chi connectivity index (χ4n) is 3.01. The van der Waals surface area contributed by atoms with Crippen LogP contribution < -0.4 is 0 Å². The Morgan fingerprint density at radius 3 is 1.91 bits per heavy atom. The monoisotopic (exact) mass is 306 g/mol. The van der Waals surface area contributed by atoms with Crippen molar-refractivity contribution in [2.75, 3.05) is 0 Å². The van der Waals surface area contributed by atoms with E-state index in [9.17, 15) is 14.7 Å². The third-order valence-electron chi connectivity index (χ3n) is 4.25. The Balaban J connectivity index is 1.90. The van der Waals surface area contributed by atoms with E-state index in [-0.39, 0.29) is 11.4 Å². The molecule has 1 aliphatic carbocycles. The molecule has 1 N–H and O–H groups in total. The van der Waals surface area contributed by atoms with E-state index < -0.39 is 5.97 Å². The van der Waals surface area contributed by atoms with Crippen molar-refractivity contribution < 1.29 is 14.7 Å². The molecule has 116 valence electrons. The van der Waals surface area contributed by atoms with Gasteiger partial charge in [0.2, 0.25) is 0 Å². The number of benzene rings is 2. The highest BCUT2D eigenvalue weighted by Crippen LogP contribution is 2.28. The second-order valence-electron chi connectivity index (χ2n) is 5.74. The number of ketones is 1. The van der Waals surface area contributed by atoms with Crippen molar-refractivity contribution in [3.05, 3.63) is 71.3 Å². The van der Waals surface area contributed by atoms with Crippen LogP contribution in [0.3, 0.4) is 0 Å². The molecule has 0 aromatic heterocycles. The van der Waals surface area contributed by atoms with Gasteiger partial charge in [-0.1, -0.05) is 54.6 Å². The summed E-state index contributed by atoms with van der Waals surface area (Å²) in [6, 6.07) is 17.3. The van der Waals surface area contributed by atoms with Crippen molar-refractivity contribution >= 4 is 11.8 Å². The normalized spacial score (nSPS) is 14.6. The van der Waals surface area contributed by atoms with E-state index in [2.05, 4.69) is 0 Å². The Hall–Kier alpha value is -2.68. The van der Waals surface area contributed by atoms with Crippen LogP contribution in [0.2, 0.25) is 0 Å². The van der Waals surface area contributed by atoms with E-state index in [1.807, 2.05) is 42.5 Å². The predicted octanol–water partition coefficient (Wildman–Crippen LogP) is 4.49. The van der Waals surface area contributed by atoms with Crippen LogP contribution in [0.15, 0.2) is 65.7 Å². The van der Waals surface area contributed by atoms with Crippen molar-refractivity contribution in [1.82, 2.24) is 0 Å². The molecule has 3 heteroatoms. The zero-order chi connectivity index (χ0) is 16.2. The maximum atomic E-state index is 12.6. The maximum Gasteiger partial charge on any atom is 0.331 e. The van der Waals surface area contributed by atoms with Crippen molar-refractivity contribution in [2.24, 2.45) is 0 Å². The minimum atomic E-state index is -0.964. The van der Waals surface area contributed by atoms with E-state index in [0.29, 0.717) is 24.0 Å². The van der Waals surface area contributed by atoms with E-state index in [1.54, 1.807) is 12.1 Å². The van der Waals surface area contributed by atoms with Crippen LogP contribution in [0, 0.1) is 0 Å². The van der Waals surface area contributed by atoms with Gasteiger partial charge in [-0.25, -0.2) is 4.79 Å². The molecule has 0 unspecified atom stereocenters. The summed E-state index contributed by atoms with van der Waals surface area (Å²) in [6.45, 7) is 0. The Morgan fingerprint density at radius 1 is 0.739 bits per heavy atom. The number of carbonyl (C=O) groups is 2. The third-order valence-corrected chi connectivity index (χ3v) is 4.25. The van der Waals surface area contributed by atoms with Gasteiger partial charge >= 0.3 is 5.97 Å². The van der Waals surface area contributed by atoms with Crippen LogP contribution in [0.1, 0.15) is 36.0 Å². The standard InChI is InChI=1S/C20H18O3/c21-19(17-8-4-5-9-18(17)20(22)23)16-12-10-15(11-13-16)14-6-2-1-3-7-14/h1-3,6-7,10-13H,4-5,8-9H2,(H,22,23). The number of hydrogen-bond donors (Lipinski definition) is 1. The predicted molar refractivity (Wildman–Crippen MR) is 89.3 cm³/mol. The summed E-state index contributed by atoms with van der Waals surface area (Å²) in [5.41, 5.74) is 3.44. The number of carboxylic acids is 1. The lowest BCUT2D eigenvalue weighted by atomic mass is 9.87. The molecule has 1 aliphatic rings. The van der Waals surface area contributed by atoms with Gasteiger partial charge in [-0.3, -0.25) is 4.79 Å². The molecule has 0 amide bonds. The number of hydrogen-bond acceptors (Lipinski definition) is 2. The Kier molecular flexibility index (Phi) is 4.38. The molecule has 0 aliphatic heterocycles. The summed E-state index contributed by atoms with van der Waals surface area (Å²) < 4.78 is 0. The van der Waals surface area contributed by atoms with E-state index >= 15 is 0 Å². The number of carboxylic acid groups (broad SMARTS) is 1. The lowest BCUT2D eigenvalue weighted by Crippen LogP contribution is -2.15. The summed E-state index contributed by atoms with van der Waals surface area (Å²) in [6.07, 6.45) is 2.75. The van der Waals surface area contributed by atoms with Crippen molar-refractivity contribution in [3.8, 4) is 11.1 Å². The van der Waals surface area contributed by atoms with Crippen LogP contribution >= 0.6 is 0 Å². The van der Waals surface area contributed by atoms with E-state index in [1.165, 1.54) is 0 Å². The zero-order valence-corrected chi connectivity index (χ0v) is 12.8. The van der Waals surface area contributed by atoms with Gasteiger partial charge in [0.05, 0.1) is 0 Å².